The van der Waals surface area contributed by atoms with E-state index in [-0.39, 0.29) is 21.3 Å². The molecule has 1 aromatic heterocycles. The SMILES string of the molecule is CCOc1cccc(C2/C(=C(\O)c3ccccc3)C(=O)C(=O)N2c2nc(C)c(C(=O)OC)s2)c1. The average molecular weight is 479 g/mol. The van der Waals surface area contributed by atoms with Crippen molar-refractivity contribution in [2.45, 2.75) is 19.9 Å². The lowest BCUT2D eigenvalue weighted by Crippen LogP contribution is -2.29. The Hall–Kier alpha value is -3.98. The van der Waals surface area contributed by atoms with E-state index in [4.69, 9.17) is 9.47 Å². The van der Waals surface area contributed by atoms with Crippen molar-refractivity contribution in [2.24, 2.45) is 0 Å². The van der Waals surface area contributed by atoms with Crippen molar-refractivity contribution < 1.29 is 29.0 Å². The Morgan fingerprint density at radius 1 is 1.15 bits per heavy atom. The molecule has 1 amide bonds. The number of methoxy groups -OCH3 is 1. The summed E-state index contributed by atoms with van der Waals surface area (Å²) in [4.78, 5) is 44.5. The molecule has 1 aliphatic rings. The molecule has 2 heterocycles. The minimum absolute atomic E-state index is 0.0719. The van der Waals surface area contributed by atoms with Crippen LogP contribution in [0.1, 0.15) is 39.5 Å². The molecule has 1 fully saturated rings. The Morgan fingerprint density at radius 2 is 1.88 bits per heavy atom. The van der Waals surface area contributed by atoms with Gasteiger partial charge in [-0.2, -0.15) is 0 Å². The van der Waals surface area contributed by atoms with Gasteiger partial charge in [-0.05, 0) is 31.5 Å². The molecule has 0 saturated carbocycles. The minimum atomic E-state index is -0.975. The summed E-state index contributed by atoms with van der Waals surface area (Å²) in [6, 6.07) is 14.5. The molecule has 1 saturated heterocycles. The average Bonchev–Trinajstić information content (AvgIpc) is 3.36. The maximum Gasteiger partial charge on any atom is 0.350 e. The van der Waals surface area contributed by atoms with Gasteiger partial charge in [0.1, 0.15) is 16.4 Å². The number of ketones is 1. The van der Waals surface area contributed by atoms with Crippen LogP contribution >= 0.6 is 11.3 Å². The summed E-state index contributed by atoms with van der Waals surface area (Å²) in [7, 11) is 1.26. The van der Waals surface area contributed by atoms with Crippen LogP contribution in [0.4, 0.5) is 5.13 Å². The molecule has 0 bridgehead atoms. The normalized spacial score (nSPS) is 17.1. The summed E-state index contributed by atoms with van der Waals surface area (Å²) < 4.78 is 10.4. The van der Waals surface area contributed by atoms with Crippen LogP contribution in [-0.2, 0) is 14.3 Å². The standard InChI is InChI=1S/C25H22N2O6S/c1-4-33-17-12-8-11-16(13-17)19-18(20(28)15-9-6-5-7-10-15)21(29)23(30)27(19)25-26-14(2)22(34-25)24(31)32-3/h5-13,19,28H,4H2,1-3H3/b20-18+. The number of anilines is 1. The maximum absolute atomic E-state index is 13.3. The molecular formula is C25H22N2O6S. The van der Waals surface area contributed by atoms with Crippen LogP contribution in [0.15, 0.2) is 60.2 Å². The number of thiazole rings is 1. The van der Waals surface area contributed by atoms with Crippen molar-refractivity contribution in [1.29, 1.82) is 0 Å². The van der Waals surface area contributed by atoms with Gasteiger partial charge in [0.2, 0.25) is 0 Å². The van der Waals surface area contributed by atoms with Gasteiger partial charge >= 0.3 is 11.9 Å². The molecule has 8 nitrogen and oxygen atoms in total. The van der Waals surface area contributed by atoms with Gasteiger partial charge in [-0.15, -0.1) is 0 Å². The number of hydrogen-bond donors (Lipinski definition) is 1. The van der Waals surface area contributed by atoms with E-state index >= 15 is 0 Å². The summed E-state index contributed by atoms with van der Waals surface area (Å²) in [6.45, 7) is 3.90. The van der Waals surface area contributed by atoms with E-state index in [0.717, 1.165) is 11.3 Å². The summed E-state index contributed by atoms with van der Waals surface area (Å²) in [5.41, 5.74) is 1.25. The van der Waals surface area contributed by atoms with Gasteiger partial charge in [0.15, 0.2) is 5.13 Å². The number of carbonyl (C=O) groups excluding carboxylic acids is 3. The molecule has 1 atom stereocenters. The number of rotatable bonds is 6. The zero-order chi connectivity index (χ0) is 24.4. The molecule has 9 heteroatoms. The lowest BCUT2D eigenvalue weighted by molar-refractivity contribution is -0.132. The van der Waals surface area contributed by atoms with Crippen LogP contribution in [-0.4, -0.2) is 41.5 Å². The number of esters is 1. The molecule has 2 aromatic carbocycles. The monoisotopic (exact) mass is 478 g/mol. The molecule has 0 radical (unpaired) electrons. The first-order valence-corrected chi connectivity index (χ1v) is 11.3. The number of Topliss-reactive ketones (excluding diaryl/α,β-unsaturated/α-hetero) is 1. The topological polar surface area (TPSA) is 106 Å². The maximum atomic E-state index is 13.3. The fraction of sp³-hybridized carbons (Fsp3) is 0.200. The van der Waals surface area contributed by atoms with E-state index in [1.807, 2.05) is 6.92 Å². The number of hydrogen-bond acceptors (Lipinski definition) is 8. The van der Waals surface area contributed by atoms with E-state index in [1.54, 1.807) is 61.5 Å². The van der Waals surface area contributed by atoms with Crippen LogP contribution in [0.5, 0.6) is 5.75 Å². The number of benzene rings is 2. The molecular weight excluding hydrogens is 456 g/mol. The fourth-order valence-corrected chi connectivity index (χ4v) is 4.82. The van der Waals surface area contributed by atoms with Crippen LogP contribution in [0.2, 0.25) is 0 Å². The second-order valence-corrected chi connectivity index (χ2v) is 8.42. The molecule has 174 valence electrons. The highest BCUT2D eigenvalue weighted by Crippen LogP contribution is 2.44. The van der Waals surface area contributed by atoms with Crippen molar-refractivity contribution in [3.63, 3.8) is 0 Å². The fourth-order valence-electron chi connectivity index (χ4n) is 3.81. The van der Waals surface area contributed by atoms with E-state index in [9.17, 15) is 19.5 Å². The smallest absolute Gasteiger partial charge is 0.350 e. The Balaban J connectivity index is 1.94. The number of aryl methyl sites for hydroxylation is 1. The Bertz CT molecular complexity index is 1300. The predicted molar refractivity (Wildman–Crippen MR) is 127 cm³/mol. The van der Waals surface area contributed by atoms with Crippen LogP contribution in [0, 0.1) is 6.92 Å². The van der Waals surface area contributed by atoms with Gasteiger partial charge in [0.05, 0.1) is 31.0 Å². The highest BCUT2D eigenvalue weighted by atomic mass is 32.1. The second kappa shape index (κ2) is 9.48. The quantitative estimate of drug-likeness (QED) is 0.244. The third kappa shape index (κ3) is 4.06. The van der Waals surface area contributed by atoms with Crippen molar-refractivity contribution >= 4 is 39.9 Å². The van der Waals surface area contributed by atoms with Gasteiger partial charge in [0.25, 0.3) is 5.78 Å². The van der Waals surface area contributed by atoms with Gasteiger partial charge in [-0.3, -0.25) is 14.5 Å². The first kappa shape index (κ1) is 23.2. The van der Waals surface area contributed by atoms with Crippen LogP contribution in [0.3, 0.4) is 0 Å². The zero-order valence-electron chi connectivity index (χ0n) is 18.8. The number of aliphatic hydroxyl groups excluding tert-OH is 1. The third-order valence-corrected chi connectivity index (χ3v) is 6.48. The van der Waals surface area contributed by atoms with E-state index in [2.05, 4.69) is 4.98 Å². The Kier molecular flexibility index (Phi) is 6.47. The summed E-state index contributed by atoms with van der Waals surface area (Å²) in [5.74, 6) is -2.03. The number of amides is 1. The van der Waals surface area contributed by atoms with Gasteiger partial charge in [0, 0.05) is 5.56 Å². The molecule has 4 rings (SSSR count). The van der Waals surface area contributed by atoms with Crippen LogP contribution < -0.4 is 9.64 Å². The van der Waals surface area contributed by atoms with E-state index in [0.29, 0.717) is 29.2 Å². The molecule has 0 aliphatic carbocycles. The van der Waals surface area contributed by atoms with Crippen molar-refractivity contribution in [1.82, 2.24) is 4.98 Å². The predicted octanol–water partition coefficient (Wildman–Crippen LogP) is 4.26. The van der Waals surface area contributed by atoms with E-state index < -0.39 is 23.7 Å². The van der Waals surface area contributed by atoms with Gasteiger partial charge in [-0.1, -0.05) is 53.8 Å². The third-order valence-electron chi connectivity index (χ3n) is 5.34. The number of nitrogens with zero attached hydrogens (tertiary/aromatic N) is 2. The number of carbonyl (C=O) groups is 3. The minimum Gasteiger partial charge on any atom is -0.507 e. The molecule has 0 spiro atoms. The Morgan fingerprint density at radius 3 is 2.56 bits per heavy atom. The lowest BCUT2D eigenvalue weighted by atomic mass is 9.95. The molecule has 1 N–H and O–H groups in total. The highest BCUT2D eigenvalue weighted by Gasteiger charge is 2.48. The van der Waals surface area contributed by atoms with Gasteiger partial charge in [-0.25, -0.2) is 9.78 Å². The summed E-state index contributed by atoms with van der Waals surface area (Å²) in [6.07, 6.45) is 0. The summed E-state index contributed by atoms with van der Waals surface area (Å²) >= 11 is 0.949. The Labute approximate surface area is 200 Å². The number of ether oxygens (including phenoxy) is 2. The van der Waals surface area contributed by atoms with E-state index in [1.165, 1.54) is 12.0 Å². The first-order valence-electron chi connectivity index (χ1n) is 10.5. The number of aliphatic hydroxyl groups is 1. The van der Waals surface area contributed by atoms with Crippen molar-refractivity contribution in [3.05, 3.63) is 81.9 Å². The molecule has 3 aromatic rings. The molecule has 1 unspecified atom stereocenters. The first-order chi connectivity index (χ1) is 16.4. The lowest BCUT2D eigenvalue weighted by Gasteiger charge is -2.23. The van der Waals surface area contributed by atoms with Crippen molar-refractivity contribution in [3.8, 4) is 5.75 Å². The summed E-state index contributed by atoms with van der Waals surface area (Å²) in [5, 5.41) is 11.3. The molecule has 34 heavy (non-hydrogen) atoms. The van der Waals surface area contributed by atoms with Crippen LogP contribution in [0.25, 0.3) is 5.76 Å². The highest BCUT2D eigenvalue weighted by molar-refractivity contribution is 7.17. The molecule has 1 aliphatic heterocycles. The zero-order valence-corrected chi connectivity index (χ0v) is 19.6. The van der Waals surface area contributed by atoms with Gasteiger partial charge < -0.3 is 14.6 Å². The van der Waals surface area contributed by atoms with Crippen molar-refractivity contribution in [2.75, 3.05) is 18.6 Å². The number of aromatic nitrogens is 1. The largest absolute Gasteiger partial charge is 0.507 e. The second-order valence-electron chi connectivity index (χ2n) is 7.44.